The Bertz CT molecular complexity index is 1190. The summed E-state index contributed by atoms with van der Waals surface area (Å²) in [6.45, 7) is 0.465. The van der Waals surface area contributed by atoms with Crippen LogP contribution >= 0.6 is 23.2 Å². The minimum atomic E-state index is -4.60. The molecule has 1 fully saturated rings. The average molecular weight is 544 g/mol. The van der Waals surface area contributed by atoms with Gasteiger partial charge in [0.25, 0.3) is 0 Å². The van der Waals surface area contributed by atoms with Crippen molar-refractivity contribution in [3.05, 3.63) is 82.3 Å². The Kier molecular flexibility index (Phi) is 8.17. The predicted molar refractivity (Wildman–Crippen MR) is 131 cm³/mol. The van der Waals surface area contributed by atoms with E-state index in [2.05, 4.69) is 4.74 Å². The summed E-state index contributed by atoms with van der Waals surface area (Å²) < 4.78 is 62.0. The lowest BCUT2D eigenvalue weighted by Gasteiger charge is -2.28. The van der Waals surface area contributed by atoms with E-state index < -0.39 is 18.6 Å². The number of anilines is 1. The molecule has 36 heavy (non-hydrogen) atoms. The summed E-state index contributed by atoms with van der Waals surface area (Å²) in [4.78, 5) is 1.86. The Morgan fingerprint density at radius 2 is 1.67 bits per heavy atom. The van der Waals surface area contributed by atoms with Gasteiger partial charge in [0.2, 0.25) is 0 Å². The van der Waals surface area contributed by atoms with Crippen molar-refractivity contribution in [2.45, 2.75) is 38.0 Å². The molecule has 10 heteroatoms. The van der Waals surface area contributed by atoms with Crippen LogP contribution < -0.4 is 14.4 Å². The molecule has 3 aromatic rings. The van der Waals surface area contributed by atoms with E-state index in [9.17, 15) is 22.7 Å². The van der Waals surface area contributed by atoms with Crippen LogP contribution in [0, 0.1) is 5.92 Å². The van der Waals surface area contributed by atoms with Crippen molar-refractivity contribution in [2.75, 3.05) is 11.4 Å². The van der Waals surface area contributed by atoms with Gasteiger partial charge in [-0.1, -0.05) is 47.5 Å². The highest BCUT2D eigenvalue weighted by molar-refractivity contribution is 6.42. The molecule has 0 heterocycles. The molecule has 192 valence electrons. The second kappa shape index (κ2) is 11.2. The van der Waals surface area contributed by atoms with Crippen molar-refractivity contribution >= 4 is 28.9 Å². The van der Waals surface area contributed by atoms with Crippen LogP contribution in [0.15, 0.2) is 66.7 Å². The summed E-state index contributed by atoms with van der Waals surface area (Å²) in [5.41, 5.74) is 1.22. The van der Waals surface area contributed by atoms with Gasteiger partial charge in [0.1, 0.15) is 22.3 Å². The SMILES string of the molecule is OC(CN(Cc1cccc(OC(F)(F)C(F)F)c1)c1cccc(Oc2cccc(Cl)c2Cl)c1)C1CC1. The Balaban J connectivity index is 1.57. The molecule has 1 aliphatic carbocycles. The fourth-order valence-corrected chi connectivity index (χ4v) is 4.01. The molecule has 4 nitrogen and oxygen atoms in total. The minimum Gasteiger partial charge on any atom is -0.456 e. The summed E-state index contributed by atoms with van der Waals surface area (Å²) in [5, 5.41) is 11.2. The minimum absolute atomic E-state index is 0.191. The van der Waals surface area contributed by atoms with Gasteiger partial charge in [0.15, 0.2) is 0 Å². The number of nitrogens with zero attached hydrogens (tertiary/aromatic N) is 1. The van der Waals surface area contributed by atoms with Gasteiger partial charge in [-0.15, -0.1) is 0 Å². The Labute approximate surface area is 216 Å². The number of alkyl halides is 4. The van der Waals surface area contributed by atoms with E-state index in [1.807, 2.05) is 11.0 Å². The van der Waals surface area contributed by atoms with E-state index in [1.165, 1.54) is 18.2 Å². The summed E-state index contributed by atoms with van der Waals surface area (Å²) in [6.07, 6.45) is -7.30. The lowest BCUT2D eigenvalue weighted by atomic mass is 10.1. The Morgan fingerprint density at radius 3 is 2.39 bits per heavy atom. The van der Waals surface area contributed by atoms with Crippen molar-refractivity contribution in [1.29, 1.82) is 0 Å². The largest absolute Gasteiger partial charge is 0.461 e. The fraction of sp³-hybridized carbons (Fsp3) is 0.308. The zero-order valence-electron chi connectivity index (χ0n) is 18.9. The molecular weight excluding hydrogens is 521 g/mol. The van der Waals surface area contributed by atoms with E-state index >= 15 is 0 Å². The normalized spacial score (nSPS) is 14.6. The number of halogens is 6. The van der Waals surface area contributed by atoms with Crippen LogP contribution in [0.25, 0.3) is 0 Å². The number of hydrogen-bond donors (Lipinski definition) is 1. The van der Waals surface area contributed by atoms with E-state index in [-0.39, 0.29) is 29.8 Å². The van der Waals surface area contributed by atoms with Crippen LogP contribution in [0.4, 0.5) is 23.2 Å². The lowest BCUT2D eigenvalue weighted by Crippen LogP contribution is -2.34. The number of benzene rings is 3. The Hall–Kier alpha value is -2.68. The maximum Gasteiger partial charge on any atom is 0.461 e. The lowest BCUT2D eigenvalue weighted by molar-refractivity contribution is -0.253. The van der Waals surface area contributed by atoms with Gasteiger partial charge in [-0.3, -0.25) is 0 Å². The van der Waals surface area contributed by atoms with Crippen LogP contribution in [0.3, 0.4) is 0 Å². The first-order valence-corrected chi connectivity index (χ1v) is 12.0. The highest BCUT2D eigenvalue weighted by Gasteiger charge is 2.44. The second-order valence-corrected chi connectivity index (χ2v) is 9.33. The molecule has 4 rings (SSSR count). The van der Waals surface area contributed by atoms with Gasteiger partial charge in [-0.2, -0.15) is 17.6 Å². The van der Waals surface area contributed by atoms with E-state index in [1.54, 1.807) is 42.5 Å². The second-order valence-electron chi connectivity index (χ2n) is 8.55. The molecule has 1 unspecified atom stereocenters. The molecular formula is C26H23Cl2F4NO3. The third-order valence-electron chi connectivity index (χ3n) is 5.68. The molecule has 0 aromatic heterocycles. The van der Waals surface area contributed by atoms with Crippen molar-refractivity contribution < 1.29 is 32.1 Å². The fourth-order valence-electron chi connectivity index (χ4n) is 3.68. The highest BCUT2D eigenvalue weighted by atomic mass is 35.5. The van der Waals surface area contributed by atoms with Crippen molar-refractivity contribution in [3.8, 4) is 17.2 Å². The highest BCUT2D eigenvalue weighted by Crippen LogP contribution is 2.37. The molecule has 0 spiro atoms. The third-order valence-corrected chi connectivity index (χ3v) is 6.48. The quantitative estimate of drug-likeness (QED) is 0.250. The van der Waals surface area contributed by atoms with E-state index in [4.69, 9.17) is 27.9 Å². The number of ether oxygens (including phenoxy) is 2. The van der Waals surface area contributed by atoms with Crippen LogP contribution in [0.1, 0.15) is 18.4 Å². The summed E-state index contributed by atoms with van der Waals surface area (Å²) in [5.74, 6) is 0.650. The number of aliphatic hydroxyl groups excluding tert-OH is 1. The first kappa shape index (κ1) is 26.4. The van der Waals surface area contributed by atoms with Crippen LogP contribution in [-0.2, 0) is 6.54 Å². The molecule has 3 aromatic carbocycles. The van der Waals surface area contributed by atoms with Gasteiger partial charge < -0.3 is 19.5 Å². The summed E-state index contributed by atoms with van der Waals surface area (Å²) >= 11 is 12.3. The monoisotopic (exact) mass is 543 g/mol. The maximum atomic E-state index is 13.4. The van der Waals surface area contributed by atoms with Crippen molar-refractivity contribution in [2.24, 2.45) is 5.92 Å². The number of aliphatic hydroxyl groups is 1. The molecule has 0 amide bonds. The van der Waals surface area contributed by atoms with Crippen LogP contribution in [-0.4, -0.2) is 30.3 Å². The van der Waals surface area contributed by atoms with Crippen molar-refractivity contribution in [3.63, 3.8) is 0 Å². The number of hydrogen-bond acceptors (Lipinski definition) is 4. The zero-order chi connectivity index (χ0) is 25.9. The zero-order valence-corrected chi connectivity index (χ0v) is 20.4. The smallest absolute Gasteiger partial charge is 0.456 e. The molecule has 0 saturated heterocycles. The molecule has 1 aliphatic rings. The van der Waals surface area contributed by atoms with E-state index in [0.29, 0.717) is 27.8 Å². The van der Waals surface area contributed by atoms with Gasteiger partial charge in [0, 0.05) is 24.8 Å². The van der Waals surface area contributed by atoms with Gasteiger partial charge in [-0.05, 0) is 60.7 Å². The van der Waals surface area contributed by atoms with E-state index in [0.717, 1.165) is 12.8 Å². The maximum absolute atomic E-state index is 13.4. The first-order valence-electron chi connectivity index (χ1n) is 11.2. The van der Waals surface area contributed by atoms with Gasteiger partial charge in [0.05, 0.1) is 11.1 Å². The molecule has 0 aliphatic heterocycles. The Morgan fingerprint density at radius 1 is 0.972 bits per heavy atom. The molecule has 1 N–H and O–H groups in total. The number of rotatable bonds is 11. The molecule has 0 bridgehead atoms. The predicted octanol–water partition coefficient (Wildman–Crippen LogP) is 7.80. The molecule has 1 atom stereocenters. The first-order chi connectivity index (χ1) is 17.1. The topological polar surface area (TPSA) is 41.9 Å². The summed E-state index contributed by atoms with van der Waals surface area (Å²) in [7, 11) is 0. The molecule has 0 radical (unpaired) electrons. The van der Waals surface area contributed by atoms with Crippen molar-refractivity contribution in [1.82, 2.24) is 0 Å². The molecule has 1 saturated carbocycles. The van der Waals surface area contributed by atoms with Gasteiger partial charge in [-0.25, -0.2) is 0 Å². The summed E-state index contributed by atoms with van der Waals surface area (Å²) in [6, 6.07) is 17.7. The van der Waals surface area contributed by atoms with Crippen LogP contribution in [0.5, 0.6) is 17.2 Å². The van der Waals surface area contributed by atoms with Gasteiger partial charge >= 0.3 is 12.5 Å². The third kappa shape index (κ3) is 6.75. The average Bonchev–Trinajstić information content (AvgIpc) is 3.67. The standard InChI is InChI=1S/C26H23Cl2F4NO3/c27-21-8-3-9-23(24(21)28)35-19-6-2-5-18(13-19)33(15-22(34)17-10-11-17)14-16-4-1-7-20(12-16)36-26(31,32)25(29)30/h1-9,12-13,17,22,25,34H,10-11,14-15H2. The van der Waals surface area contributed by atoms with Crippen LogP contribution in [0.2, 0.25) is 10.0 Å².